The third-order valence-electron chi connectivity index (χ3n) is 3.40. The summed E-state index contributed by atoms with van der Waals surface area (Å²) in [7, 11) is -0.238. The first-order chi connectivity index (χ1) is 8.34. The van der Waals surface area contributed by atoms with Crippen molar-refractivity contribution < 1.29 is 9.31 Å². The molecule has 1 saturated heterocycles. The molecule has 0 aliphatic carbocycles. The lowest BCUT2D eigenvalue weighted by molar-refractivity contribution is 0.00578. The van der Waals surface area contributed by atoms with Crippen molar-refractivity contribution in [2.45, 2.75) is 73.0 Å². The van der Waals surface area contributed by atoms with Gasteiger partial charge in [-0.25, -0.2) is 0 Å². The van der Waals surface area contributed by atoms with E-state index in [2.05, 4.69) is 46.8 Å². The summed E-state index contributed by atoms with van der Waals surface area (Å²) >= 11 is 0. The van der Waals surface area contributed by atoms with E-state index in [1.165, 1.54) is 0 Å². The second-order valence-corrected chi connectivity index (χ2v) is 5.19. The Kier molecular flexibility index (Phi) is 6.94. The fourth-order valence-electron chi connectivity index (χ4n) is 1.54. The minimum absolute atomic E-state index is 0.238. The molecule has 0 bridgehead atoms. The summed E-state index contributed by atoms with van der Waals surface area (Å²) in [4.78, 5) is 0. The molecule has 3 heteroatoms. The van der Waals surface area contributed by atoms with Gasteiger partial charge in [0.1, 0.15) is 0 Å². The van der Waals surface area contributed by atoms with Crippen molar-refractivity contribution in [3.8, 4) is 0 Å². The molecule has 1 fully saturated rings. The van der Waals surface area contributed by atoms with Crippen molar-refractivity contribution in [3.63, 3.8) is 0 Å². The molecule has 0 unspecified atom stereocenters. The summed E-state index contributed by atoms with van der Waals surface area (Å²) in [6.07, 6.45) is 7.29. The Balaban J connectivity index is 0.00000137. The lowest BCUT2D eigenvalue weighted by atomic mass is 9.77. The van der Waals surface area contributed by atoms with Crippen LogP contribution in [-0.2, 0) is 9.31 Å². The van der Waals surface area contributed by atoms with Crippen LogP contribution < -0.4 is 0 Å². The Morgan fingerprint density at radius 1 is 1.06 bits per heavy atom. The minimum atomic E-state index is -0.258. The highest BCUT2D eigenvalue weighted by molar-refractivity contribution is 6.55. The Morgan fingerprint density at radius 3 is 1.83 bits per heavy atom. The van der Waals surface area contributed by atoms with E-state index >= 15 is 0 Å². The Bertz CT molecular complexity index is 288. The maximum Gasteiger partial charge on any atom is 0.494 e. The zero-order valence-corrected chi connectivity index (χ0v) is 13.3. The lowest BCUT2D eigenvalue weighted by Gasteiger charge is -2.32. The molecular formula is C15H29BO2. The lowest BCUT2D eigenvalue weighted by Crippen LogP contribution is -2.41. The maximum absolute atomic E-state index is 5.97. The van der Waals surface area contributed by atoms with Crippen molar-refractivity contribution >= 4 is 7.12 Å². The smallest absolute Gasteiger partial charge is 0.399 e. The zero-order valence-electron chi connectivity index (χ0n) is 13.3. The van der Waals surface area contributed by atoms with Crippen LogP contribution in [0, 0.1) is 0 Å². The molecule has 1 aliphatic heterocycles. The monoisotopic (exact) mass is 252 g/mol. The third kappa shape index (κ3) is 3.99. The second kappa shape index (κ2) is 7.15. The normalized spacial score (nSPS) is 22.0. The van der Waals surface area contributed by atoms with Crippen LogP contribution in [0.2, 0.25) is 0 Å². The molecule has 104 valence electrons. The van der Waals surface area contributed by atoms with Gasteiger partial charge in [0, 0.05) is 0 Å². The molecule has 2 nitrogen and oxygen atoms in total. The van der Waals surface area contributed by atoms with Gasteiger partial charge in [0.05, 0.1) is 11.2 Å². The fourth-order valence-corrected chi connectivity index (χ4v) is 1.54. The molecule has 0 atom stereocenters. The van der Waals surface area contributed by atoms with Gasteiger partial charge in [0.15, 0.2) is 0 Å². The van der Waals surface area contributed by atoms with Crippen LogP contribution in [-0.4, -0.2) is 18.3 Å². The van der Waals surface area contributed by atoms with Crippen LogP contribution >= 0.6 is 0 Å². The highest BCUT2D eigenvalue weighted by Gasteiger charge is 2.51. The first-order valence-corrected chi connectivity index (χ1v) is 7.02. The molecule has 0 aromatic rings. The van der Waals surface area contributed by atoms with Gasteiger partial charge >= 0.3 is 7.12 Å². The predicted molar refractivity (Wildman–Crippen MR) is 80.6 cm³/mol. The summed E-state index contributed by atoms with van der Waals surface area (Å²) in [5.41, 5.74) is 0.582. The van der Waals surface area contributed by atoms with E-state index in [1.54, 1.807) is 0 Å². The molecule has 0 spiro atoms. The van der Waals surface area contributed by atoms with Gasteiger partial charge in [-0.05, 0) is 46.5 Å². The quantitative estimate of drug-likeness (QED) is 0.541. The highest BCUT2D eigenvalue weighted by atomic mass is 16.7. The Labute approximate surface area is 114 Å². The van der Waals surface area contributed by atoms with Crippen LogP contribution in [0.15, 0.2) is 23.7 Å². The molecule has 0 aromatic carbocycles. The summed E-state index contributed by atoms with van der Waals surface area (Å²) < 4.78 is 11.9. The van der Waals surface area contributed by atoms with E-state index < -0.39 is 0 Å². The number of hydrogen-bond donors (Lipinski definition) is 0. The van der Waals surface area contributed by atoms with E-state index in [0.717, 1.165) is 11.9 Å². The SMILES string of the molecule is C/C=C(\C=C/CC)B1OC(C)(C)C(C)(C)O1.CC. The fraction of sp³-hybridized carbons (Fsp3) is 0.733. The molecule has 0 radical (unpaired) electrons. The summed E-state index contributed by atoms with van der Waals surface area (Å²) in [6.45, 7) is 16.4. The van der Waals surface area contributed by atoms with Gasteiger partial charge in [0.2, 0.25) is 0 Å². The Morgan fingerprint density at radius 2 is 1.50 bits per heavy atom. The molecule has 18 heavy (non-hydrogen) atoms. The topological polar surface area (TPSA) is 18.5 Å². The highest BCUT2D eigenvalue weighted by Crippen LogP contribution is 2.38. The van der Waals surface area contributed by atoms with Gasteiger partial charge in [0.25, 0.3) is 0 Å². The van der Waals surface area contributed by atoms with E-state index in [4.69, 9.17) is 9.31 Å². The van der Waals surface area contributed by atoms with Crippen LogP contribution in [0.1, 0.15) is 61.8 Å². The minimum Gasteiger partial charge on any atom is -0.399 e. The molecule has 0 N–H and O–H groups in total. The number of hydrogen-bond acceptors (Lipinski definition) is 2. The number of allylic oxidation sites excluding steroid dienone is 4. The van der Waals surface area contributed by atoms with Gasteiger partial charge in [-0.1, -0.05) is 39.0 Å². The second-order valence-electron chi connectivity index (χ2n) is 5.19. The van der Waals surface area contributed by atoms with Crippen molar-refractivity contribution in [1.82, 2.24) is 0 Å². The van der Waals surface area contributed by atoms with E-state index in [-0.39, 0.29) is 18.3 Å². The van der Waals surface area contributed by atoms with Crippen molar-refractivity contribution in [1.29, 1.82) is 0 Å². The first kappa shape index (κ1) is 17.5. The molecule has 1 aliphatic rings. The molecule has 0 aromatic heterocycles. The average Bonchev–Trinajstić information content (AvgIpc) is 2.52. The molecular weight excluding hydrogens is 223 g/mol. The summed E-state index contributed by atoms with van der Waals surface area (Å²) in [5, 5.41) is 0. The van der Waals surface area contributed by atoms with Gasteiger partial charge in [-0.3, -0.25) is 0 Å². The molecule has 0 amide bonds. The Hall–Kier alpha value is -0.535. The van der Waals surface area contributed by atoms with Gasteiger partial charge in [-0.2, -0.15) is 0 Å². The van der Waals surface area contributed by atoms with Crippen molar-refractivity contribution in [2.24, 2.45) is 0 Å². The zero-order chi connectivity index (χ0) is 14.4. The van der Waals surface area contributed by atoms with Crippen LogP contribution in [0.25, 0.3) is 0 Å². The predicted octanol–water partition coefficient (Wildman–Crippen LogP) is 4.56. The van der Waals surface area contributed by atoms with Crippen molar-refractivity contribution in [3.05, 3.63) is 23.7 Å². The van der Waals surface area contributed by atoms with Crippen LogP contribution in [0.4, 0.5) is 0 Å². The maximum atomic E-state index is 5.97. The van der Waals surface area contributed by atoms with Crippen LogP contribution in [0.3, 0.4) is 0 Å². The van der Waals surface area contributed by atoms with E-state index in [0.29, 0.717) is 0 Å². The summed E-state index contributed by atoms with van der Waals surface area (Å²) in [5.74, 6) is 0. The van der Waals surface area contributed by atoms with Crippen molar-refractivity contribution in [2.75, 3.05) is 0 Å². The van der Waals surface area contributed by atoms with E-state index in [9.17, 15) is 0 Å². The molecule has 1 rings (SSSR count). The summed E-state index contributed by atoms with van der Waals surface area (Å²) in [6, 6.07) is 0. The van der Waals surface area contributed by atoms with Crippen LogP contribution in [0.5, 0.6) is 0 Å². The standard InChI is InChI=1S/C13H23BO2.C2H6/c1-7-9-10-11(8-2)14-15-12(3,4)13(5,6)16-14;1-2/h8-10H,7H2,1-6H3;1-2H3/b10-9-,11-8+;. The first-order valence-electron chi connectivity index (χ1n) is 7.02. The van der Waals surface area contributed by atoms with E-state index in [1.807, 2.05) is 26.8 Å². The molecule has 1 heterocycles. The molecule has 0 saturated carbocycles. The largest absolute Gasteiger partial charge is 0.494 e. The third-order valence-corrected chi connectivity index (χ3v) is 3.40. The average molecular weight is 252 g/mol. The number of rotatable bonds is 3. The van der Waals surface area contributed by atoms with Gasteiger partial charge in [-0.15, -0.1) is 0 Å². The van der Waals surface area contributed by atoms with Gasteiger partial charge < -0.3 is 9.31 Å².